The van der Waals surface area contributed by atoms with Gasteiger partial charge in [-0.3, -0.25) is 4.68 Å². The second-order valence-electron chi connectivity index (χ2n) is 4.47. The van der Waals surface area contributed by atoms with Crippen LogP contribution in [0.5, 0.6) is 5.88 Å². The van der Waals surface area contributed by atoms with Crippen molar-refractivity contribution in [3.63, 3.8) is 0 Å². The Hall–Kier alpha value is -1.11. The molecule has 2 aromatic rings. The van der Waals surface area contributed by atoms with Gasteiger partial charge in [-0.05, 0) is 18.2 Å². The number of rotatable bonds is 3. The number of ether oxygens (including phenoxy) is 3. The summed E-state index contributed by atoms with van der Waals surface area (Å²) >= 11 is 3.46. The zero-order valence-electron chi connectivity index (χ0n) is 10.6. The molecule has 5 nitrogen and oxygen atoms in total. The average molecular weight is 327 g/mol. The number of hydrogen-bond donors (Lipinski definition) is 0. The summed E-state index contributed by atoms with van der Waals surface area (Å²) in [6, 6.07) is 6.01. The molecule has 0 bridgehead atoms. The Kier molecular flexibility index (Phi) is 3.72. The first-order chi connectivity index (χ1) is 9.24. The normalized spacial score (nSPS) is 19.8. The monoisotopic (exact) mass is 326 g/mol. The van der Waals surface area contributed by atoms with E-state index in [4.69, 9.17) is 14.2 Å². The largest absolute Gasteiger partial charge is 0.473 e. The third-order valence-electron chi connectivity index (χ3n) is 3.07. The molecule has 2 heterocycles. The molecular formula is C13H15BrN2O3. The highest BCUT2D eigenvalue weighted by Gasteiger charge is 2.17. The molecule has 1 aliphatic heterocycles. The maximum atomic E-state index is 5.77. The summed E-state index contributed by atoms with van der Waals surface area (Å²) in [6.07, 6.45) is -0.0127. The minimum atomic E-state index is -0.0127. The molecule has 1 aliphatic rings. The average Bonchev–Trinajstić information content (AvgIpc) is 2.74. The topological polar surface area (TPSA) is 45.5 Å². The van der Waals surface area contributed by atoms with Crippen molar-refractivity contribution in [2.45, 2.75) is 6.10 Å². The molecule has 1 aromatic heterocycles. The van der Waals surface area contributed by atoms with Crippen molar-refractivity contribution in [3.05, 3.63) is 22.7 Å². The zero-order valence-corrected chi connectivity index (χ0v) is 12.2. The predicted octanol–water partition coefficient (Wildman–Crippen LogP) is 2.13. The molecule has 0 amide bonds. The smallest absolute Gasteiger partial charge is 0.240 e. The maximum absolute atomic E-state index is 5.77. The Morgan fingerprint density at radius 2 is 2.37 bits per heavy atom. The predicted molar refractivity (Wildman–Crippen MR) is 74.5 cm³/mol. The molecule has 1 atom stereocenters. The number of fused-ring (bicyclic) bond motifs is 1. The molecule has 0 spiro atoms. The fourth-order valence-corrected chi connectivity index (χ4v) is 2.46. The van der Waals surface area contributed by atoms with Gasteiger partial charge in [0.1, 0.15) is 12.7 Å². The molecule has 0 saturated carbocycles. The third kappa shape index (κ3) is 2.75. The number of nitrogens with zero attached hydrogens (tertiary/aromatic N) is 2. The van der Waals surface area contributed by atoms with E-state index in [-0.39, 0.29) is 6.10 Å². The molecule has 6 heteroatoms. The van der Waals surface area contributed by atoms with Crippen LogP contribution in [0.15, 0.2) is 22.7 Å². The van der Waals surface area contributed by atoms with Crippen molar-refractivity contribution in [1.29, 1.82) is 0 Å². The molecule has 0 aliphatic carbocycles. The van der Waals surface area contributed by atoms with Crippen LogP contribution in [0.3, 0.4) is 0 Å². The van der Waals surface area contributed by atoms with Crippen LogP contribution in [-0.2, 0) is 16.5 Å². The highest BCUT2D eigenvalue weighted by molar-refractivity contribution is 9.10. The van der Waals surface area contributed by atoms with Crippen molar-refractivity contribution in [2.75, 3.05) is 26.4 Å². The summed E-state index contributed by atoms with van der Waals surface area (Å²) in [7, 11) is 1.90. The molecule has 0 radical (unpaired) electrons. The minimum Gasteiger partial charge on any atom is -0.473 e. The van der Waals surface area contributed by atoms with E-state index in [1.807, 2.05) is 29.9 Å². The van der Waals surface area contributed by atoms with E-state index in [1.165, 1.54) is 0 Å². The fraction of sp³-hybridized carbons (Fsp3) is 0.462. The van der Waals surface area contributed by atoms with Crippen LogP contribution in [0.25, 0.3) is 10.9 Å². The van der Waals surface area contributed by atoms with Crippen molar-refractivity contribution in [1.82, 2.24) is 9.78 Å². The van der Waals surface area contributed by atoms with Crippen LogP contribution >= 0.6 is 15.9 Å². The Morgan fingerprint density at radius 3 is 3.16 bits per heavy atom. The Balaban J connectivity index is 1.77. The summed E-state index contributed by atoms with van der Waals surface area (Å²) in [5, 5.41) is 5.39. The first-order valence-electron chi connectivity index (χ1n) is 6.18. The second kappa shape index (κ2) is 5.48. The van der Waals surface area contributed by atoms with Gasteiger partial charge in [-0.2, -0.15) is 0 Å². The highest BCUT2D eigenvalue weighted by atomic mass is 79.9. The van der Waals surface area contributed by atoms with E-state index in [9.17, 15) is 0 Å². The molecule has 1 aromatic carbocycles. The summed E-state index contributed by atoms with van der Waals surface area (Å²) in [5.74, 6) is 0.638. The van der Waals surface area contributed by atoms with Gasteiger partial charge in [0, 0.05) is 11.5 Å². The van der Waals surface area contributed by atoms with Crippen molar-refractivity contribution >= 4 is 26.8 Å². The first-order valence-corrected chi connectivity index (χ1v) is 6.98. The summed E-state index contributed by atoms with van der Waals surface area (Å²) in [4.78, 5) is 0. The van der Waals surface area contributed by atoms with Crippen LogP contribution in [-0.4, -0.2) is 42.3 Å². The van der Waals surface area contributed by atoms with Gasteiger partial charge < -0.3 is 14.2 Å². The standard InChI is InChI=1S/C13H15BrN2O3/c1-16-12-6-9(14)2-3-11(12)13(15-16)19-8-10-7-17-4-5-18-10/h2-3,6,10H,4-5,7-8H2,1H3. The fourth-order valence-electron chi connectivity index (χ4n) is 2.11. The van der Waals surface area contributed by atoms with Gasteiger partial charge >= 0.3 is 0 Å². The molecule has 0 N–H and O–H groups in total. The van der Waals surface area contributed by atoms with Gasteiger partial charge in [-0.25, -0.2) is 0 Å². The van der Waals surface area contributed by atoms with E-state index in [0.29, 0.717) is 32.3 Å². The van der Waals surface area contributed by atoms with Crippen molar-refractivity contribution in [3.8, 4) is 5.88 Å². The minimum absolute atomic E-state index is 0.0127. The van der Waals surface area contributed by atoms with Gasteiger partial charge in [0.15, 0.2) is 0 Å². The van der Waals surface area contributed by atoms with Crippen LogP contribution in [0, 0.1) is 0 Å². The molecule has 1 unspecified atom stereocenters. The van der Waals surface area contributed by atoms with Gasteiger partial charge in [0.2, 0.25) is 5.88 Å². The lowest BCUT2D eigenvalue weighted by Gasteiger charge is -2.22. The van der Waals surface area contributed by atoms with E-state index in [0.717, 1.165) is 15.4 Å². The quantitative estimate of drug-likeness (QED) is 0.866. The van der Waals surface area contributed by atoms with Crippen molar-refractivity contribution < 1.29 is 14.2 Å². The second-order valence-corrected chi connectivity index (χ2v) is 5.38. The lowest BCUT2D eigenvalue weighted by molar-refractivity contribution is -0.101. The number of hydrogen-bond acceptors (Lipinski definition) is 4. The van der Waals surface area contributed by atoms with E-state index < -0.39 is 0 Å². The number of benzene rings is 1. The number of aryl methyl sites for hydroxylation is 1. The van der Waals surface area contributed by atoms with Gasteiger partial charge in [0.05, 0.1) is 30.7 Å². The van der Waals surface area contributed by atoms with Crippen LogP contribution in [0.1, 0.15) is 0 Å². The zero-order chi connectivity index (χ0) is 13.2. The molecule has 3 rings (SSSR count). The summed E-state index contributed by atoms with van der Waals surface area (Å²) in [6.45, 7) is 2.33. The highest BCUT2D eigenvalue weighted by Crippen LogP contribution is 2.27. The van der Waals surface area contributed by atoms with Crippen LogP contribution < -0.4 is 4.74 Å². The summed E-state index contributed by atoms with van der Waals surface area (Å²) in [5.41, 5.74) is 1.03. The molecule has 19 heavy (non-hydrogen) atoms. The first kappa shape index (κ1) is 12.9. The molecular weight excluding hydrogens is 312 g/mol. The van der Waals surface area contributed by atoms with Crippen molar-refractivity contribution in [2.24, 2.45) is 7.05 Å². The Labute approximate surface area is 119 Å². The van der Waals surface area contributed by atoms with E-state index >= 15 is 0 Å². The Morgan fingerprint density at radius 1 is 1.47 bits per heavy atom. The number of aromatic nitrogens is 2. The van der Waals surface area contributed by atoms with Gasteiger partial charge in [-0.15, -0.1) is 5.10 Å². The Bertz CT molecular complexity index is 579. The SMILES string of the molecule is Cn1nc(OCC2COCCO2)c2ccc(Br)cc21. The molecule has 1 fully saturated rings. The van der Waals surface area contributed by atoms with Crippen LogP contribution in [0.2, 0.25) is 0 Å². The van der Waals surface area contributed by atoms with Gasteiger partial charge in [-0.1, -0.05) is 15.9 Å². The van der Waals surface area contributed by atoms with E-state index in [2.05, 4.69) is 21.0 Å². The molecule has 1 saturated heterocycles. The summed E-state index contributed by atoms with van der Waals surface area (Å²) < 4.78 is 19.5. The third-order valence-corrected chi connectivity index (χ3v) is 3.56. The molecule has 102 valence electrons. The lowest BCUT2D eigenvalue weighted by Crippen LogP contribution is -2.33. The number of halogens is 1. The van der Waals surface area contributed by atoms with Gasteiger partial charge in [0.25, 0.3) is 0 Å². The lowest BCUT2D eigenvalue weighted by atomic mass is 10.2. The van der Waals surface area contributed by atoms with Crippen LogP contribution in [0.4, 0.5) is 0 Å². The maximum Gasteiger partial charge on any atom is 0.240 e. The van der Waals surface area contributed by atoms with E-state index in [1.54, 1.807) is 0 Å².